The first-order valence-corrected chi connectivity index (χ1v) is 8.25. The number of carbonyl (C=O) groups is 2. The molecule has 0 spiro atoms. The van der Waals surface area contributed by atoms with Gasteiger partial charge in [-0.2, -0.15) is 30.2 Å². The summed E-state index contributed by atoms with van der Waals surface area (Å²) >= 11 is 1.28. The van der Waals surface area contributed by atoms with Crippen molar-refractivity contribution in [1.82, 2.24) is 10.6 Å². The van der Waals surface area contributed by atoms with Crippen molar-refractivity contribution in [1.29, 1.82) is 5.26 Å². The summed E-state index contributed by atoms with van der Waals surface area (Å²) in [5.41, 5.74) is -1.14. The van der Waals surface area contributed by atoms with Crippen LogP contribution >= 0.6 is 11.8 Å². The highest BCUT2D eigenvalue weighted by atomic mass is 32.2. The largest absolute Gasteiger partial charge is 0.416 e. The Morgan fingerprint density at radius 2 is 2.00 bits per heavy atom. The van der Waals surface area contributed by atoms with E-state index in [9.17, 15) is 22.8 Å². The van der Waals surface area contributed by atoms with E-state index in [1.54, 1.807) is 6.26 Å². The van der Waals surface area contributed by atoms with Gasteiger partial charge < -0.3 is 10.6 Å². The van der Waals surface area contributed by atoms with Crippen LogP contribution < -0.4 is 10.6 Å². The van der Waals surface area contributed by atoms with E-state index in [0.717, 1.165) is 18.2 Å². The summed E-state index contributed by atoms with van der Waals surface area (Å²) in [6.07, 6.45) is -2.85. The monoisotopic (exact) mass is 359 g/mol. The van der Waals surface area contributed by atoms with Crippen molar-refractivity contribution in [2.75, 3.05) is 12.0 Å². The maximum absolute atomic E-state index is 12.7. The summed E-state index contributed by atoms with van der Waals surface area (Å²) in [5.74, 6) is -1.15. The van der Waals surface area contributed by atoms with Crippen molar-refractivity contribution >= 4 is 23.6 Å². The maximum Gasteiger partial charge on any atom is 0.416 e. The summed E-state index contributed by atoms with van der Waals surface area (Å²) in [5, 5.41) is 13.5. The highest BCUT2D eigenvalue weighted by Gasteiger charge is 2.31. The first kappa shape index (κ1) is 19.8. The molecule has 0 saturated heterocycles. The summed E-state index contributed by atoms with van der Waals surface area (Å²) in [6.45, 7) is 1.47. The average molecular weight is 359 g/mol. The third-order valence-electron chi connectivity index (χ3n) is 2.96. The van der Waals surface area contributed by atoms with Crippen molar-refractivity contribution in [3.8, 4) is 6.07 Å². The van der Waals surface area contributed by atoms with Crippen LogP contribution in [-0.4, -0.2) is 35.9 Å². The molecule has 2 N–H and O–H groups in total. The van der Waals surface area contributed by atoms with E-state index >= 15 is 0 Å². The van der Waals surface area contributed by atoms with Gasteiger partial charge in [0, 0.05) is 11.3 Å². The molecule has 2 amide bonds. The molecule has 1 aromatic rings. The van der Waals surface area contributed by atoms with Gasteiger partial charge >= 0.3 is 6.18 Å². The van der Waals surface area contributed by atoms with Crippen molar-refractivity contribution in [2.24, 2.45) is 0 Å². The lowest BCUT2D eigenvalue weighted by molar-refractivity contribution is -0.137. The second-order valence-electron chi connectivity index (χ2n) is 4.92. The molecule has 0 bridgehead atoms. The Hall–Kier alpha value is -2.21. The molecule has 0 fully saturated rings. The molecule has 0 aliphatic carbocycles. The minimum Gasteiger partial charge on any atom is -0.339 e. The quantitative estimate of drug-likeness (QED) is 0.816. The van der Waals surface area contributed by atoms with E-state index in [0.29, 0.717) is 0 Å². The van der Waals surface area contributed by atoms with Gasteiger partial charge in [0.1, 0.15) is 12.1 Å². The number of hydrogen-bond acceptors (Lipinski definition) is 4. The Morgan fingerprint density at radius 1 is 1.33 bits per heavy atom. The topological polar surface area (TPSA) is 82.0 Å². The van der Waals surface area contributed by atoms with E-state index in [-0.39, 0.29) is 11.3 Å². The number of rotatable bonds is 6. The second-order valence-corrected chi connectivity index (χ2v) is 5.83. The molecule has 24 heavy (non-hydrogen) atoms. The van der Waals surface area contributed by atoms with Gasteiger partial charge in [-0.05, 0) is 31.4 Å². The van der Waals surface area contributed by atoms with Crippen LogP contribution in [0.25, 0.3) is 0 Å². The third kappa shape index (κ3) is 5.77. The van der Waals surface area contributed by atoms with E-state index in [1.807, 2.05) is 6.07 Å². The first-order chi connectivity index (χ1) is 11.2. The Labute approximate surface area is 141 Å². The van der Waals surface area contributed by atoms with E-state index in [1.165, 1.54) is 24.8 Å². The fourth-order valence-electron chi connectivity index (χ4n) is 1.77. The molecule has 0 aliphatic rings. The minimum atomic E-state index is -4.56. The van der Waals surface area contributed by atoms with Crippen molar-refractivity contribution in [3.63, 3.8) is 0 Å². The van der Waals surface area contributed by atoms with Gasteiger partial charge in [0.2, 0.25) is 5.91 Å². The fourth-order valence-corrected chi connectivity index (χ4v) is 2.34. The second kappa shape index (κ2) is 8.59. The molecule has 2 unspecified atom stereocenters. The fraction of sp³-hybridized carbons (Fsp3) is 0.400. The van der Waals surface area contributed by atoms with Crippen LogP contribution in [0, 0.1) is 11.3 Å². The summed E-state index contributed by atoms with van der Waals surface area (Å²) in [7, 11) is 0. The van der Waals surface area contributed by atoms with Gasteiger partial charge in [0.25, 0.3) is 5.91 Å². The number of thioether (sulfide) groups is 1. The van der Waals surface area contributed by atoms with Gasteiger partial charge in [-0.25, -0.2) is 0 Å². The summed E-state index contributed by atoms with van der Waals surface area (Å²) < 4.78 is 38.1. The SMILES string of the molecule is CSCC(NC(=O)c1cccc(C(F)(F)F)c1)C(=O)NC(C)C#N. The Bertz CT molecular complexity index is 644. The molecule has 1 rings (SSSR count). The predicted molar refractivity (Wildman–Crippen MR) is 84.3 cm³/mol. The Balaban J connectivity index is 2.89. The predicted octanol–water partition coefficient (Wildman–Crippen LogP) is 2.20. The summed E-state index contributed by atoms with van der Waals surface area (Å²) in [4.78, 5) is 24.2. The highest BCUT2D eigenvalue weighted by Crippen LogP contribution is 2.29. The molecule has 1 aromatic carbocycles. The van der Waals surface area contributed by atoms with Crippen LogP contribution in [0.2, 0.25) is 0 Å². The van der Waals surface area contributed by atoms with E-state index in [4.69, 9.17) is 5.26 Å². The number of amides is 2. The third-order valence-corrected chi connectivity index (χ3v) is 3.63. The van der Waals surface area contributed by atoms with Crippen LogP contribution in [0.5, 0.6) is 0 Å². The lowest BCUT2D eigenvalue weighted by Gasteiger charge is -2.18. The van der Waals surface area contributed by atoms with Crippen LogP contribution in [-0.2, 0) is 11.0 Å². The zero-order chi connectivity index (χ0) is 18.3. The molecular weight excluding hydrogens is 343 g/mol. The van der Waals surface area contributed by atoms with Gasteiger partial charge in [-0.15, -0.1) is 0 Å². The zero-order valence-corrected chi connectivity index (χ0v) is 13.8. The molecular formula is C15H16F3N3O2S. The zero-order valence-electron chi connectivity index (χ0n) is 13.0. The molecule has 5 nitrogen and oxygen atoms in total. The molecule has 2 atom stereocenters. The van der Waals surface area contributed by atoms with Gasteiger partial charge in [0.15, 0.2) is 0 Å². The van der Waals surface area contributed by atoms with Crippen molar-refractivity contribution in [3.05, 3.63) is 35.4 Å². The Morgan fingerprint density at radius 3 is 2.54 bits per heavy atom. The van der Waals surface area contributed by atoms with E-state index in [2.05, 4.69) is 10.6 Å². The number of nitriles is 1. The number of hydrogen-bond donors (Lipinski definition) is 2. The molecule has 0 heterocycles. The standard InChI is InChI=1S/C15H16F3N3O2S/c1-9(7-19)20-14(23)12(8-24-2)21-13(22)10-4-3-5-11(6-10)15(16,17)18/h3-6,9,12H,8H2,1-2H3,(H,20,23)(H,21,22). The van der Waals surface area contributed by atoms with Gasteiger partial charge in [-0.3, -0.25) is 9.59 Å². The Kier molecular flexibility index (Phi) is 7.10. The van der Waals surface area contributed by atoms with Crippen LogP contribution in [0.15, 0.2) is 24.3 Å². The molecule has 0 aliphatic heterocycles. The molecule has 0 aromatic heterocycles. The molecule has 9 heteroatoms. The number of nitrogens with one attached hydrogen (secondary N) is 2. The van der Waals surface area contributed by atoms with E-state index < -0.39 is 35.6 Å². The molecule has 130 valence electrons. The lowest BCUT2D eigenvalue weighted by Crippen LogP contribution is -2.50. The lowest BCUT2D eigenvalue weighted by atomic mass is 10.1. The number of carbonyl (C=O) groups excluding carboxylic acids is 2. The van der Waals surface area contributed by atoms with Gasteiger partial charge in [-0.1, -0.05) is 6.07 Å². The van der Waals surface area contributed by atoms with Crippen LogP contribution in [0.1, 0.15) is 22.8 Å². The minimum absolute atomic E-state index is 0.197. The van der Waals surface area contributed by atoms with Crippen molar-refractivity contribution in [2.45, 2.75) is 25.2 Å². The average Bonchev–Trinajstić information content (AvgIpc) is 2.53. The van der Waals surface area contributed by atoms with Gasteiger partial charge in [0.05, 0.1) is 11.6 Å². The molecule has 0 radical (unpaired) electrons. The van der Waals surface area contributed by atoms with Crippen LogP contribution in [0.3, 0.4) is 0 Å². The number of alkyl halides is 3. The number of nitrogens with zero attached hydrogens (tertiary/aromatic N) is 1. The smallest absolute Gasteiger partial charge is 0.339 e. The maximum atomic E-state index is 12.7. The highest BCUT2D eigenvalue weighted by molar-refractivity contribution is 7.98. The summed E-state index contributed by atoms with van der Waals surface area (Å²) in [6, 6.07) is 4.06. The number of halogens is 3. The first-order valence-electron chi connectivity index (χ1n) is 6.86. The van der Waals surface area contributed by atoms with Crippen LogP contribution in [0.4, 0.5) is 13.2 Å². The number of benzene rings is 1. The van der Waals surface area contributed by atoms with Crippen molar-refractivity contribution < 1.29 is 22.8 Å². The molecule has 0 saturated carbocycles. The normalized spacial score (nSPS) is 13.5.